The molecule has 0 unspecified atom stereocenters. The predicted molar refractivity (Wildman–Crippen MR) is 159 cm³/mol. The van der Waals surface area contributed by atoms with Crippen molar-refractivity contribution in [3.63, 3.8) is 0 Å². The van der Waals surface area contributed by atoms with E-state index in [4.69, 9.17) is 14.5 Å². The number of anilines is 4. The second-order valence-electron chi connectivity index (χ2n) is 9.02. The molecule has 1 amide bonds. The maximum absolute atomic E-state index is 14.2. The Morgan fingerprint density at radius 3 is 2.58 bits per heavy atom. The van der Waals surface area contributed by atoms with E-state index in [1.807, 2.05) is 0 Å². The van der Waals surface area contributed by atoms with Crippen molar-refractivity contribution in [1.29, 1.82) is 0 Å². The van der Waals surface area contributed by atoms with E-state index in [1.165, 1.54) is 30.6 Å². The van der Waals surface area contributed by atoms with Crippen molar-refractivity contribution >= 4 is 39.7 Å². The van der Waals surface area contributed by atoms with Crippen molar-refractivity contribution in [3.8, 4) is 27.6 Å². The van der Waals surface area contributed by atoms with Crippen molar-refractivity contribution in [2.75, 3.05) is 43.3 Å². The van der Waals surface area contributed by atoms with Crippen LogP contribution in [-0.2, 0) is 4.74 Å². The normalized spacial score (nSPS) is 10.8. The largest absolute Gasteiger partial charge is 0.494 e. The zero-order valence-electron chi connectivity index (χ0n) is 23.0. The highest BCUT2D eigenvalue weighted by Crippen LogP contribution is 2.39. The maximum atomic E-state index is 14.2. The van der Waals surface area contributed by atoms with Crippen LogP contribution < -0.4 is 20.7 Å². The van der Waals surface area contributed by atoms with Gasteiger partial charge in [0.1, 0.15) is 11.6 Å². The summed E-state index contributed by atoms with van der Waals surface area (Å²) in [5, 5.41) is 9.44. The number of benzene rings is 3. The molecule has 0 aliphatic rings. The molecule has 3 aromatic carbocycles. The van der Waals surface area contributed by atoms with Crippen LogP contribution in [0.1, 0.15) is 10.4 Å². The third-order valence-electron chi connectivity index (χ3n) is 6.07. The second-order valence-corrected chi connectivity index (χ2v) is 10.0. The van der Waals surface area contributed by atoms with Gasteiger partial charge in [0, 0.05) is 42.9 Å². The van der Waals surface area contributed by atoms with Gasteiger partial charge >= 0.3 is 0 Å². The van der Waals surface area contributed by atoms with E-state index < -0.39 is 28.9 Å². The quantitative estimate of drug-likeness (QED) is 0.142. The number of methoxy groups -OCH3 is 2. The van der Waals surface area contributed by atoms with Crippen LogP contribution in [0.5, 0.6) is 5.75 Å². The molecule has 2 aromatic heterocycles. The van der Waals surface area contributed by atoms with E-state index in [-0.39, 0.29) is 11.7 Å². The topological polar surface area (TPSA) is 110 Å². The van der Waals surface area contributed by atoms with Gasteiger partial charge in [0.05, 0.1) is 35.5 Å². The summed E-state index contributed by atoms with van der Waals surface area (Å²) in [6, 6.07) is 15.6. The fourth-order valence-corrected chi connectivity index (χ4v) is 5.04. The van der Waals surface area contributed by atoms with Crippen molar-refractivity contribution in [2.24, 2.45) is 0 Å². The summed E-state index contributed by atoms with van der Waals surface area (Å²) in [6.45, 7) is 0.972. The molecule has 0 aliphatic heterocycles. The van der Waals surface area contributed by atoms with Crippen LogP contribution >= 0.6 is 11.3 Å². The first kappa shape index (κ1) is 29.5. The number of halogens is 3. The monoisotopic (exact) mass is 606 g/mol. The Balaban J connectivity index is 1.47. The van der Waals surface area contributed by atoms with Gasteiger partial charge in [0.2, 0.25) is 5.95 Å². The van der Waals surface area contributed by atoms with Gasteiger partial charge in [-0.3, -0.25) is 4.79 Å². The Hall–Kier alpha value is -5.01. The summed E-state index contributed by atoms with van der Waals surface area (Å²) in [7, 11) is 2.98. The molecule has 43 heavy (non-hydrogen) atoms. The van der Waals surface area contributed by atoms with Crippen LogP contribution in [0.4, 0.5) is 35.6 Å². The highest BCUT2D eigenvalue weighted by Gasteiger charge is 2.19. The fraction of sp³-hybridized carbons (Fsp3) is 0.133. The molecular weight excluding hydrogens is 581 g/mol. The molecule has 0 radical (unpaired) electrons. The standard InChI is InChI=1S/C30H25F3N6O3S/c1-41-13-12-35-30-39-26(17-4-3-5-19(14-17)36-28(40)21-15-18(31)6-8-22(21)32)27(43-30)24-10-11-34-29(38-24)37-20-7-9-25(42-2)23(33)16-20/h3-11,14-16H,12-13H2,1-2H3,(H,35,39)(H,36,40)(H,34,37,38). The molecule has 0 saturated carbocycles. The van der Waals surface area contributed by atoms with Crippen LogP contribution in [0.3, 0.4) is 0 Å². The smallest absolute Gasteiger partial charge is 0.258 e. The molecule has 9 nitrogen and oxygen atoms in total. The first-order valence-electron chi connectivity index (χ1n) is 12.9. The number of nitrogens with zero attached hydrogens (tertiary/aromatic N) is 3. The lowest BCUT2D eigenvalue weighted by Gasteiger charge is -2.10. The maximum Gasteiger partial charge on any atom is 0.258 e. The molecule has 0 saturated heterocycles. The minimum absolute atomic E-state index is 0.113. The summed E-state index contributed by atoms with van der Waals surface area (Å²) >= 11 is 1.35. The van der Waals surface area contributed by atoms with Gasteiger partial charge in [-0.15, -0.1) is 0 Å². The summed E-state index contributed by atoms with van der Waals surface area (Å²) < 4.78 is 52.1. The highest BCUT2D eigenvalue weighted by atomic mass is 32.1. The number of nitrogens with one attached hydrogen (secondary N) is 3. The number of thiazole rings is 1. The van der Waals surface area contributed by atoms with E-state index in [9.17, 15) is 18.0 Å². The number of carbonyl (C=O) groups is 1. The third kappa shape index (κ3) is 7.08. The molecule has 220 valence electrons. The lowest BCUT2D eigenvalue weighted by molar-refractivity contribution is 0.102. The number of carbonyl (C=O) groups excluding carboxylic acids is 1. The first-order chi connectivity index (χ1) is 20.8. The molecule has 5 rings (SSSR count). The van der Waals surface area contributed by atoms with E-state index in [0.29, 0.717) is 51.5 Å². The van der Waals surface area contributed by atoms with Crippen LogP contribution in [0.25, 0.3) is 21.8 Å². The number of amides is 1. The molecule has 2 heterocycles. The third-order valence-corrected chi connectivity index (χ3v) is 7.11. The first-order valence-corrected chi connectivity index (χ1v) is 13.7. The SMILES string of the molecule is COCCNc1nc(-c2cccc(NC(=O)c3cc(F)ccc3F)c2)c(-c2ccnc(Nc3ccc(OC)c(F)c3)n2)s1. The van der Waals surface area contributed by atoms with Crippen molar-refractivity contribution in [2.45, 2.75) is 0 Å². The Bertz CT molecular complexity index is 1770. The second kappa shape index (κ2) is 13.3. The number of aromatic nitrogens is 3. The molecule has 13 heteroatoms. The van der Waals surface area contributed by atoms with E-state index in [1.54, 1.807) is 49.7 Å². The fourth-order valence-electron chi connectivity index (χ4n) is 4.06. The molecule has 5 aromatic rings. The zero-order valence-corrected chi connectivity index (χ0v) is 23.8. The minimum atomic E-state index is -0.839. The van der Waals surface area contributed by atoms with E-state index in [2.05, 4.69) is 25.9 Å². The van der Waals surface area contributed by atoms with Crippen molar-refractivity contribution < 1.29 is 27.4 Å². The van der Waals surface area contributed by atoms with Gasteiger partial charge in [-0.2, -0.15) is 0 Å². The number of ether oxygens (including phenoxy) is 2. The Morgan fingerprint density at radius 1 is 0.930 bits per heavy atom. The Kier molecular flexibility index (Phi) is 9.13. The number of hydrogen-bond acceptors (Lipinski definition) is 9. The molecule has 3 N–H and O–H groups in total. The number of rotatable bonds is 11. The molecule has 0 aliphatic carbocycles. The summed E-state index contributed by atoms with van der Waals surface area (Å²) in [5.74, 6) is -2.55. The van der Waals surface area contributed by atoms with Crippen molar-refractivity contribution in [1.82, 2.24) is 15.0 Å². The Labute approximate surface area is 248 Å². The van der Waals surface area contributed by atoms with Crippen LogP contribution in [0.15, 0.2) is 72.9 Å². The predicted octanol–water partition coefficient (Wildman–Crippen LogP) is 6.75. The number of hydrogen-bond donors (Lipinski definition) is 3. The van der Waals surface area contributed by atoms with Gasteiger partial charge in [0.15, 0.2) is 16.7 Å². The zero-order chi connectivity index (χ0) is 30.3. The van der Waals surface area contributed by atoms with Crippen LogP contribution in [0, 0.1) is 17.5 Å². The molecule has 0 bridgehead atoms. The van der Waals surface area contributed by atoms with Crippen molar-refractivity contribution in [3.05, 3.63) is 95.9 Å². The minimum Gasteiger partial charge on any atom is -0.494 e. The Morgan fingerprint density at radius 2 is 1.79 bits per heavy atom. The van der Waals surface area contributed by atoms with Crippen LogP contribution in [0.2, 0.25) is 0 Å². The van der Waals surface area contributed by atoms with E-state index in [0.717, 1.165) is 18.2 Å². The van der Waals surface area contributed by atoms with Gasteiger partial charge < -0.3 is 25.4 Å². The highest BCUT2D eigenvalue weighted by molar-refractivity contribution is 7.19. The molecule has 0 atom stereocenters. The molecular formula is C30H25F3N6O3S. The lowest BCUT2D eigenvalue weighted by Crippen LogP contribution is -2.14. The average molecular weight is 607 g/mol. The van der Waals surface area contributed by atoms with Gasteiger partial charge in [0.25, 0.3) is 5.91 Å². The molecule has 0 spiro atoms. The van der Waals surface area contributed by atoms with Gasteiger partial charge in [-0.1, -0.05) is 23.5 Å². The van der Waals surface area contributed by atoms with Gasteiger partial charge in [-0.05, 0) is 48.5 Å². The average Bonchev–Trinajstić information content (AvgIpc) is 3.43. The van der Waals surface area contributed by atoms with E-state index >= 15 is 0 Å². The van der Waals surface area contributed by atoms with Crippen LogP contribution in [-0.4, -0.2) is 48.2 Å². The summed E-state index contributed by atoms with van der Waals surface area (Å²) in [4.78, 5) is 27.1. The lowest BCUT2D eigenvalue weighted by atomic mass is 10.1. The summed E-state index contributed by atoms with van der Waals surface area (Å²) in [5.41, 5.74) is 2.09. The summed E-state index contributed by atoms with van der Waals surface area (Å²) in [6.07, 6.45) is 1.57. The van der Waals surface area contributed by atoms with Gasteiger partial charge in [-0.25, -0.2) is 28.1 Å². The molecule has 0 fully saturated rings.